The van der Waals surface area contributed by atoms with Crippen LogP contribution in [0, 0.1) is 0 Å². The number of hydrogen-bond acceptors (Lipinski definition) is 4. The van der Waals surface area contributed by atoms with E-state index in [0.29, 0.717) is 18.7 Å². The van der Waals surface area contributed by atoms with E-state index in [0.717, 1.165) is 5.75 Å². The Labute approximate surface area is 123 Å². The zero-order valence-electron chi connectivity index (χ0n) is 11.5. The Bertz CT molecular complexity index is 653. The molecule has 0 aliphatic rings. The molecule has 1 aromatic carbocycles. The minimum Gasteiger partial charge on any atom is -0.494 e. The third kappa shape index (κ3) is 4.59. The van der Waals surface area contributed by atoms with E-state index in [-0.39, 0.29) is 18.0 Å². The van der Waals surface area contributed by atoms with Crippen molar-refractivity contribution in [2.75, 3.05) is 13.2 Å². The molecule has 0 spiro atoms. The number of aliphatic hydroxyl groups is 1. The number of sulfonamides is 1. The van der Waals surface area contributed by atoms with E-state index in [9.17, 15) is 8.42 Å². The molecule has 0 unspecified atom stereocenters. The fourth-order valence-corrected chi connectivity index (χ4v) is 2.83. The molecule has 1 heterocycles. The standard InChI is InChI=1S/C14H18N2O4S/c17-11-12-9-14(10-15-12)21(18,19)16-7-4-8-20-13-5-2-1-3-6-13/h1-3,5-6,9-10,15-17H,4,7-8,11H2. The van der Waals surface area contributed by atoms with Crippen LogP contribution in [0.2, 0.25) is 0 Å². The summed E-state index contributed by atoms with van der Waals surface area (Å²) in [6.07, 6.45) is 1.92. The van der Waals surface area contributed by atoms with Gasteiger partial charge in [0.2, 0.25) is 10.0 Å². The third-order valence-corrected chi connectivity index (χ3v) is 4.26. The topological polar surface area (TPSA) is 91.4 Å². The first kappa shape index (κ1) is 15.6. The van der Waals surface area contributed by atoms with Gasteiger partial charge in [-0.3, -0.25) is 0 Å². The van der Waals surface area contributed by atoms with E-state index in [1.807, 2.05) is 30.3 Å². The van der Waals surface area contributed by atoms with Crippen LogP contribution in [0.1, 0.15) is 12.1 Å². The molecule has 3 N–H and O–H groups in total. The van der Waals surface area contributed by atoms with Gasteiger partial charge < -0.3 is 14.8 Å². The summed E-state index contributed by atoms with van der Waals surface area (Å²) in [6.45, 7) is 0.497. The van der Waals surface area contributed by atoms with Crippen molar-refractivity contribution < 1.29 is 18.3 Å². The van der Waals surface area contributed by atoms with Gasteiger partial charge in [0.1, 0.15) is 5.75 Å². The van der Waals surface area contributed by atoms with E-state index >= 15 is 0 Å². The smallest absolute Gasteiger partial charge is 0.242 e. The van der Waals surface area contributed by atoms with E-state index in [1.54, 1.807) is 0 Å². The van der Waals surface area contributed by atoms with E-state index < -0.39 is 10.0 Å². The van der Waals surface area contributed by atoms with Crippen LogP contribution >= 0.6 is 0 Å². The van der Waals surface area contributed by atoms with Crippen LogP contribution in [0.5, 0.6) is 5.75 Å². The highest BCUT2D eigenvalue weighted by atomic mass is 32.2. The molecule has 2 aromatic rings. The first-order chi connectivity index (χ1) is 10.1. The minimum atomic E-state index is -3.54. The van der Waals surface area contributed by atoms with Gasteiger partial charge in [-0.25, -0.2) is 13.1 Å². The van der Waals surface area contributed by atoms with Gasteiger partial charge in [0.05, 0.1) is 18.1 Å². The van der Waals surface area contributed by atoms with Crippen molar-refractivity contribution in [3.8, 4) is 5.75 Å². The van der Waals surface area contributed by atoms with Gasteiger partial charge in [-0.2, -0.15) is 0 Å². The molecule has 0 saturated heterocycles. The number of para-hydroxylation sites is 1. The number of hydrogen-bond donors (Lipinski definition) is 3. The summed E-state index contributed by atoms with van der Waals surface area (Å²) in [7, 11) is -3.54. The molecule has 0 atom stereocenters. The van der Waals surface area contributed by atoms with Crippen molar-refractivity contribution in [1.29, 1.82) is 0 Å². The quantitative estimate of drug-likeness (QED) is 0.640. The Balaban J connectivity index is 1.75. The Morgan fingerprint density at radius 2 is 2.00 bits per heavy atom. The Morgan fingerprint density at radius 1 is 1.24 bits per heavy atom. The number of aromatic nitrogens is 1. The average molecular weight is 310 g/mol. The van der Waals surface area contributed by atoms with Gasteiger partial charge in [-0.15, -0.1) is 0 Å². The summed E-state index contributed by atoms with van der Waals surface area (Å²) in [5, 5.41) is 8.91. The summed E-state index contributed by atoms with van der Waals surface area (Å²) in [6, 6.07) is 10.8. The van der Waals surface area contributed by atoms with E-state index in [2.05, 4.69) is 9.71 Å². The summed E-state index contributed by atoms with van der Waals surface area (Å²) in [5.41, 5.74) is 0.461. The maximum absolute atomic E-state index is 11.9. The Morgan fingerprint density at radius 3 is 2.67 bits per heavy atom. The third-order valence-electron chi connectivity index (χ3n) is 2.82. The fourth-order valence-electron chi connectivity index (χ4n) is 1.73. The molecule has 0 aliphatic carbocycles. The van der Waals surface area contributed by atoms with E-state index in [1.165, 1.54) is 12.3 Å². The Kier molecular flexibility index (Phi) is 5.38. The van der Waals surface area contributed by atoms with Crippen molar-refractivity contribution in [3.63, 3.8) is 0 Å². The summed E-state index contributed by atoms with van der Waals surface area (Å²) < 4.78 is 31.8. The normalized spacial score (nSPS) is 11.5. The molecular formula is C14H18N2O4S. The SMILES string of the molecule is O=S(=O)(NCCCOc1ccccc1)c1c[nH]c(CO)c1. The number of ether oxygens (including phenoxy) is 1. The van der Waals surface area contributed by atoms with Crippen LogP contribution in [0.4, 0.5) is 0 Å². The van der Waals surface area contributed by atoms with Crippen molar-refractivity contribution in [2.24, 2.45) is 0 Å². The molecule has 0 bridgehead atoms. The van der Waals surface area contributed by atoms with Crippen molar-refractivity contribution in [3.05, 3.63) is 48.3 Å². The van der Waals surface area contributed by atoms with Crippen LogP contribution in [0.15, 0.2) is 47.5 Å². The van der Waals surface area contributed by atoms with Crippen LogP contribution in [-0.2, 0) is 16.6 Å². The van der Waals surface area contributed by atoms with Crippen molar-refractivity contribution >= 4 is 10.0 Å². The van der Waals surface area contributed by atoms with Crippen molar-refractivity contribution in [2.45, 2.75) is 17.9 Å². The molecule has 0 fully saturated rings. The second-order valence-corrected chi connectivity index (χ2v) is 6.20. The summed E-state index contributed by atoms with van der Waals surface area (Å²) in [5.74, 6) is 0.763. The lowest BCUT2D eigenvalue weighted by Crippen LogP contribution is -2.25. The predicted octanol–water partition coefficient (Wildman–Crippen LogP) is 1.25. The predicted molar refractivity (Wildman–Crippen MR) is 78.5 cm³/mol. The van der Waals surface area contributed by atoms with Gasteiger partial charge in [-0.1, -0.05) is 18.2 Å². The maximum atomic E-state index is 11.9. The lowest BCUT2D eigenvalue weighted by Gasteiger charge is -2.07. The molecule has 0 saturated carbocycles. The molecule has 2 rings (SSSR count). The van der Waals surface area contributed by atoms with Gasteiger partial charge in [0, 0.05) is 18.4 Å². The molecule has 7 heteroatoms. The highest BCUT2D eigenvalue weighted by molar-refractivity contribution is 7.89. The molecule has 6 nitrogen and oxygen atoms in total. The van der Waals surface area contributed by atoms with Gasteiger partial charge in [0.25, 0.3) is 0 Å². The minimum absolute atomic E-state index is 0.121. The number of benzene rings is 1. The molecule has 21 heavy (non-hydrogen) atoms. The number of aliphatic hydroxyl groups excluding tert-OH is 1. The molecule has 0 radical (unpaired) electrons. The first-order valence-electron chi connectivity index (χ1n) is 6.57. The average Bonchev–Trinajstić information content (AvgIpc) is 2.98. The van der Waals surface area contributed by atoms with Crippen LogP contribution in [-0.4, -0.2) is 31.7 Å². The largest absolute Gasteiger partial charge is 0.494 e. The molecule has 0 amide bonds. The molecule has 1 aromatic heterocycles. The lowest BCUT2D eigenvalue weighted by molar-refractivity contribution is 0.277. The lowest BCUT2D eigenvalue weighted by atomic mass is 10.3. The zero-order chi connectivity index (χ0) is 15.1. The molecular weight excluding hydrogens is 292 g/mol. The first-order valence-corrected chi connectivity index (χ1v) is 8.06. The van der Waals surface area contributed by atoms with Crippen LogP contribution < -0.4 is 9.46 Å². The second kappa shape index (κ2) is 7.26. The second-order valence-electron chi connectivity index (χ2n) is 4.43. The van der Waals surface area contributed by atoms with Gasteiger partial charge >= 0.3 is 0 Å². The van der Waals surface area contributed by atoms with Gasteiger partial charge in [-0.05, 0) is 24.6 Å². The highest BCUT2D eigenvalue weighted by Crippen LogP contribution is 2.11. The van der Waals surface area contributed by atoms with Crippen LogP contribution in [0.25, 0.3) is 0 Å². The van der Waals surface area contributed by atoms with Crippen LogP contribution in [0.3, 0.4) is 0 Å². The molecule has 0 aliphatic heterocycles. The number of H-pyrrole nitrogens is 1. The number of nitrogens with one attached hydrogen (secondary N) is 2. The van der Waals surface area contributed by atoms with Crippen molar-refractivity contribution in [1.82, 2.24) is 9.71 Å². The summed E-state index contributed by atoms with van der Waals surface area (Å²) >= 11 is 0. The van der Waals surface area contributed by atoms with Gasteiger partial charge in [0.15, 0.2) is 0 Å². The Hall–Kier alpha value is -1.83. The highest BCUT2D eigenvalue weighted by Gasteiger charge is 2.14. The summed E-state index contributed by atoms with van der Waals surface area (Å²) in [4.78, 5) is 2.81. The number of aromatic amines is 1. The molecule has 114 valence electrons. The zero-order valence-corrected chi connectivity index (χ0v) is 12.3. The fraction of sp³-hybridized carbons (Fsp3) is 0.286. The van der Waals surface area contributed by atoms with E-state index in [4.69, 9.17) is 9.84 Å². The number of rotatable bonds is 8. The monoisotopic (exact) mass is 310 g/mol. The maximum Gasteiger partial charge on any atom is 0.242 e.